The van der Waals surface area contributed by atoms with Crippen LogP contribution in [0, 0.1) is 0 Å². The lowest BCUT2D eigenvalue weighted by Gasteiger charge is -2.29. The first kappa shape index (κ1) is 14.5. The largest absolute Gasteiger partial charge is 0.478 e. The van der Waals surface area contributed by atoms with Crippen molar-refractivity contribution < 1.29 is 20.1 Å². The number of aromatic carboxylic acids is 1. The van der Waals surface area contributed by atoms with E-state index in [0.29, 0.717) is 12.1 Å². The maximum absolute atomic E-state index is 10.9. The average molecular weight is 255 g/mol. The number of aliphatic hydroxyl groups is 2. The van der Waals surface area contributed by atoms with Gasteiger partial charge in [0.25, 0.3) is 0 Å². The van der Waals surface area contributed by atoms with E-state index in [-0.39, 0.29) is 25.3 Å². The molecule has 1 aromatic rings. The molecule has 0 unspecified atom stereocenters. The van der Waals surface area contributed by atoms with Gasteiger partial charge in [0, 0.05) is 12.7 Å². The molecule has 0 aliphatic carbocycles. The van der Waals surface area contributed by atoms with Crippen LogP contribution in [0.15, 0.2) is 12.5 Å². The van der Waals surface area contributed by atoms with E-state index in [4.69, 9.17) is 5.11 Å². The Morgan fingerprint density at radius 1 is 1.44 bits per heavy atom. The molecule has 0 radical (unpaired) electrons. The van der Waals surface area contributed by atoms with Crippen LogP contribution in [0.25, 0.3) is 0 Å². The van der Waals surface area contributed by atoms with Gasteiger partial charge in [-0.05, 0) is 6.42 Å². The number of nitrogens with one attached hydrogen (secondary N) is 1. The van der Waals surface area contributed by atoms with Crippen LogP contribution in [0.4, 0.5) is 0 Å². The molecule has 0 spiro atoms. The third kappa shape index (κ3) is 3.22. The molecule has 1 heterocycles. The minimum Gasteiger partial charge on any atom is -0.478 e. The molecule has 0 saturated carbocycles. The van der Waals surface area contributed by atoms with E-state index in [1.54, 1.807) is 0 Å². The highest BCUT2D eigenvalue weighted by Gasteiger charge is 2.26. The van der Waals surface area contributed by atoms with Crippen LogP contribution in [0.2, 0.25) is 0 Å². The number of aliphatic hydroxyl groups excluding tert-OH is 2. The summed E-state index contributed by atoms with van der Waals surface area (Å²) in [5, 5.41) is 30.4. The Morgan fingerprint density at radius 3 is 2.61 bits per heavy atom. The zero-order valence-electron chi connectivity index (χ0n) is 10.1. The lowest BCUT2D eigenvalue weighted by atomic mass is 9.98. The molecule has 4 N–H and O–H groups in total. The van der Waals surface area contributed by atoms with Crippen molar-refractivity contribution >= 4 is 5.97 Å². The Bertz CT molecular complexity index is 399. The van der Waals surface area contributed by atoms with Gasteiger partial charge < -0.3 is 20.6 Å². The van der Waals surface area contributed by atoms with Crippen molar-refractivity contribution in [2.24, 2.45) is 0 Å². The van der Waals surface area contributed by atoms with Crippen LogP contribution in [0.3, 0.4) is 0 Å². The normalized spacial score (nSPS) is 11.5. The minimum absolute atomic E-state index is 0.00545. The Labute approximate surface area is 105 Å². The van der Waals surface area contributed by atoms with Gasteiger partial charge in [-0.2, -0.15) is 0 Å². The van der Waals surface area contributed by atoms with Crippen LogP contribution >= 0.6 is 0 Å². The topological polar surface area (TPSA) is 116 Å². The van der Waals surface area contributed by atoms with Gasteiger partial charge >= 0.3 is 5.97 Å². The fraction of sp³-hybridized carbons (Fsp3) is 0.545. The molecule has 0 aromatic carbocycles. The number of hydrogen-bond donors (Lipinski definition) is 4. The summed E-state index contributed by atoms with van der Waals surface area (Å²) in [5.41, 5.74) is -0.510. The molecule has 0 atom stereocenters. The van der Waals surface area contributed by atoms with Crippen molar-refractivity contribution in [2.75, 3.05) is 13.2 Å². The minimum atomic E-state index is -1.11. The monoisotopic (exact) mass is 255 g/mol. The molecule has 0 fully saturated rings. The molecule has 7 nitrogen and oxygen atoms in total. The van der Waals surface area contributed by atoms with Gasteiger partial charge in [0.05, 0.1) is 24.4 Å². The van der Waals surface area contributed by atoms with E-state index in [0.717, 1.165) is 0 Å². The molecule has 7 heteroatoms. The highest BCUT2D eigenvalue weighted by molar-refractivity contribution is 5.88. The Morgan fingerprint density at radius 2 is 2.11 bits per heavy atom. The van der Waals surface area contributed by atoms with E-state index in [1.807, 2.05) is 6.92 Å². The summed E-state index contributed by atoms with van der Waals surface area (Å²) in [7, 11) is 0. The first-order valence-electron chi connectivity index (χ1n) is 5.57. The van der Waals surface area contributed by atoms with Gasteiger partial charge in [0.2, 0.25) is 0 Å². The first-order valence-corrected chi connectivity index (χ1v) is 5.57. The van der Waals surface area contributed by atoms with Crippen LogP contribution in [-0.4, -0.2) is 50.0 Å². The summed E-state index contributed by atoms with van der Waals surface area (Å²) in [6.45, 7) is 1.47. The van der Waals surface area contributed by atoms with Gasteiger partial charge in [-0.15, -0.1) is 0 Å². The predicted octanol–water partition coefficient (Wildman–Crippen LogP) is -0.602. The van der Waals surface area contributed by atoms with Gasteiger partial charge in [-0.3, -0.25) is 0 Å². The van der Waals surface area contributed by atoms with Crippen LogP contribution in [-0.2, 0) is 6.54 Å². The van der Waals surface area contributed by atoms with E-state index in [9.17, 15) is 15.0 Å². The summed E-state index contributed by atoms with van der Waals surface area (Å²) >= 11 is 0. The Kier molecular flexibility index (Phi) is 5.14. The Balaban J connectivity index is 2.83. The van der Waals surface area contributed by atoms with Gasteiger partial charge in [-0.25, -0.2) is 14.8 Å². The van der Waals surface area contributed by atoms with E-state index in [1.165, 1.54) is 12.5 Å². The number of aromatic nitrogens is 2. The van der Waals surface area contributed by atoms with E-state index < -0.39 is 11.5 Å². The quantitative estimate of drug-likeness (QED) is 0.514. The smallest absolute Gasteiger partial charge is 0.339 e. The third-order valence-corrected chi connectivity index (χ3v) is 2.94. The summed E-state index contributed by atoms with van der Waals surface area (Å²) in [6, 6.07) is 0. The Hall–Kier alpha value is -1.57. The first-order chi connectivity index (χ1) is 8.58. The van der Waals surface area contributed by atoms with Crippen molar-refractivity contribution in [1.29, 1.82) is 0 Å². The SMILES string of the molecule is CCC(CO)(CO)NCc1ncncc1C(=O)O. The van der Waals surface area contributed by atoms with Crippen molar-refractivity contribution in [3.05, 3.63) is 23.8 Å². The number of rotatable bonds is 7. The molecular formula is C11H17N3O4. The number of carboxylic acid groups (broad SMARTS) is 1. The summed E-state index contributed by atoms with van der Waals surface area (Å²) in [4.78, 5) is 18.5. The third-order valence-electron chi connectivity index (χ3n) is 2.94. The van der Waals surface area contributed by atoms with E-state index in [2.05, 4.69) is 15.3 Å². The number of hydrogen-bond acceptors (Lipinski definition) is 6. The second kappa shape index (κ2) is 6.39. The fourth-order valence-corrected chi connectivity index (χ4v) is 1.46. The van der Waals surface area contributed by atoms with Crippen molar-refractivity contribution in [1.82, 2.24) is 15.3 Å². The molecule has 0 aliphatic rings. The summed E-state index contributed by atoms with van der Waals surface area (Å²) < 4.78 is 0. The van der Waals surface area contributed by atoms with Crippen LogP contribution in [0.1, 0.15) is 29.4 Å². The summed E-state index contributed by atoms with van der Waals surface area (Å²) in [5.74, 6) is -1.11. The number of carboxylic acids is 1. The number of carbonyl (C=O) groups is 1. The van der Waals surface area contributed by atoms with Gasteiger partial charge in [0.15, 0.2) is 0 Å². The zero-order chi connectivity index (χ0) is 13.6. The molecule has 0 saturated heterocycles. The van der Waals surface area contributed by atoms with Gasteiger partial charge in [0.1, 0.15) is 11.9 Å². The molecule has 0 amide bonds. The standard InChI is InChI=1S/C11H17N3O4/c1-2-11(5-15,6-16)14-4-9-8(10(17)18)3-12-7-13-9/h3,7,14-16H,2,4-6H2,1H3,(H,17,18). The average Bonchev–Trinajstić information content (AvgIpc) is 2.41. The fourth-order valence-electron chi connectivity index (χ4n) is 1.46. The molecule has 100 valence electrons. The van der Waals surface area contributed by atoms with Gasteiger partial charge in [-0.1, -0.05) is 6.92 Å². The van der Waals surface area contributed by atoms with Crippen LogP contribution in [0.5, 0.6) is 0 Å². The van der Waals surface area contributed by atoms with Crippen LogP contribution < -0.4 is 5.32 Å². The molecular weight excluding hydrogens is 238 g/mol. The molecule has 18 heavy (non-hydrogen) atoms. The maximum atomic E-state index is 10.9. The highest BCUT2D eigenvalue weighted by atomic mass is 16.4. The highest BCUT2D eigenvalue weighted by Crippen LogP contribution is 2.11. The second-order valence-electron chi connectivity index (χ2n) is 3.99. The second-order valence-corrected chi connectivity index (χ2v) is 3.99. The van der Waals surface area contributed by atoms with Crippen molar-refractivity contribution in [3.63, 3.8) is 0 Å². The maximum Gasteiger partial charge on any atom is 0.339 e. The van der Waals surface area contributed by atoms with Crippen molar-refractivity contribution in [2.45, 2.75) is 25.4 Å². The molecule has 0 aliphatic heterocycles. The lowest BCUT2D eigenvalue weighted by molar-refractivity contribution is 0.0692. The zero-order valence-corrected chi connectivity index (χ0v) is 10.1. The van der Waals surface area contributed by atoms with E-state index >= 15 is 0 Å². The molecule has 0 bridgehead atoms. The van der Waals surface area contributed by atoms with Crippen molar-refractivity contribution in [3.8, 4) is 0 Å². The summed E-state index contributed by atoms with van der Waals surface area (Å²) in [6.07, 6.45) is 2.99. The lowest BCUT2D eigenvalue weighted by Crippen LogP contribution is -2.51. The molecule has 1 aromatic heterocycles. The predicted molar refractivity (Wildman–Crippen MR) is 63.0 cm³/mol. The molecule has 1 rings (SSSR count). The number of nitrogens with zero attached hydrogens (tertiary/aromatic N) is 2.